The molecule has 1 aliphatic rings. The predicted octanol–water partition coefficient (Wildman–Crippen LogP) is 3.05. The molecule has 20 heavy (non-hydrogen) atoms. The van der Waals surface area contributed by atoms with Gasteiger partial charge in [0.15, 0.2) is 11.6 Å². The molecule has 0 saturated carbocycles. The molecule has 3 nitrogen and oxygen atoms in total. The lowest BCUT2D eigenvalue weighted by Gasteiger charge is -2.43. The van der Waals surface area contributed by atoms with Gasteiger partial charge >= 0.3 is 0 Å². The van der Waals surface area contributed by atoms with Crippen molar-refractivity contribution in [2.75, 3.05) is 25.1 Å². The van der Waals surface area contributed by atoms with Crippen molar-refractivity contribution in [2.24, 2.45) is 5.92 Å². The summed E-state index contributed by atoms with van der Waals surface area (Å²) < 4.78 is 18.9. The third-order valence-corrected chi connectivity index (χ3v) is 4.16. The van der Waals surface area contributed by atoms with E-state index in [1.807, 2.05) is 6.07 Å². The van der Waals surface area contributed by atoms with Crippen molar-refractivity contribution >= 4 is 5.69 Å². The second kappa shape index (κ2) is 6.44. The standard InChI is InChI=1S/C16H25FN2O/c1-5-12-10-19(15(9-18-12)11(2)3)13-6-7-16(20-4)14(17)8-13/h6-8,11-12,15,18H,5,9-10H2,1-4H3. The highest BCUT2D eigenvalue weighted by Crippen LogP contribution is 2.28. The molecule has 0 aliphatic carbocycles. The van der Waals surface area contributed by atoms with Crippen LogP contribution in [0.2, 0.25) is 0 Å². The summed E-state index contributed by atoms with van der Waals surface area (Å²) in [4.78, 5) is 2.33. The SMILES string of the molecule is CCC1CN(c2ccc(OC)c(F)c2)C(C(C)C)CN1. The van der Waals surface area contributed by atoms with Crippen molar-refractivity contribution in [2.45, 2.75) is 39.3 Å². The molecule has 0 radical (unpaired) electrons. The number of nitrogens with zero attached hydrogens (tertiary/aromatic N) is 1. The van der Waals surface area contributed by atoms with Crippen LogP contribution in [0, 0.1) is 11.7 Å². The molecule has 2 atom stereocenters. The average Bonchev–Trinajstić information content (AvgIpc) is 2.46. The van der Waals surface area contributed by atoms with Crippen LogP contribution in [0.25, 0.3) is 0 Å². The minimum absolute atomic E-state index is 0.293. The zero-order chi connectivity index (χ0) is 14.7. The normalized spacial score (nSPS) is 23.2. The molecule has 2 rings (SSSR count). The fourth-order valence-electron chi connectivity index (χ4n) is 2.83. The van der Waals surface area contributed by atoms with Crippen molar-refractivity contribution in [3.8, 4) is 5.75 Å². The number of hydrogen-bond donors (Lipinski definition) is 1. The van der Waals surface area contributed by atoms with Gasteiger partial charge in [-0.3, -0.25) is 0 Å². The number of nitrogens with one attached hydrogen (secondary N) is 1. The van der Waals surface area contributed by atoms with Crippen LogP contribution in [0.5, 0.6) is 5.75 Å². The van der Waals surface area contributed by atoms with E-state index < -0.39 is 0 Å². The number of piperazine rings is 1. The van der Waals surface area contributed by atoms with Crippen LogP contribution in [-0.2, 0) is 0 Å². The van der Waals surface area contributed by atoms with Crippen molar-refractivity contribution < 1.29 is 9.13 Å². The van der Waals surface area contributed by atoms with Gasteiger partial charge in [0, 0.05) is 36.9 Å². The first-order valence-corrected chi connectivity index (χ1v) is 7.40. The van der Waals surface area contributed by atoms with E-state index in [1.54, 1.807) is 12.1 Å². The van der Waals surface area contributed by atoms with Gasteiger partial charge in [0.25, 0.3) is 0 Å². The summed E-state index contributed by atoms with van der Waals surface area (Å²) in [6.07, 6.45) is 1.08. The van der Waals surface area contributed by atoms with Crippen LogP contribution in [-0.4, -0.2) is 32.3 Å². The van der Waals surface area contributed by atoms with Gasteiger partial charge in [0.2, 0.25) is 0 Å². The van der Waals surface area contributed by atoms with Gasteiger partial charge in [-0.05, 0) is 24.5 Å². The van der Waals surface area contributed by atoms with Gasteiger partial charge in [-0.2, -0.15) is 0 Å². The first kappa shape index (κ1) is 15.1. The van der Waals surface area contributed by atoms with Gasteiger partial charge in [0.1, 0.15) is 0 Å². The van der Waals surface area contributed by atoms with E-state index >= 15 is 0 Å². The average molecular weight is 280 g/mol. The van der Waals surface area contributed by atoms with E-state index in [1.165, 1.54) is 7.11 Å². The van der Waals surface area contributed by atoms with Crippen LogP contribution in [0.4, 0.5) is 10.1 Å². The van der Waals surface area contributed by atoms with Gasteiger partial charge in [-0.1, -0.05) is 20.8 Å². The maximum absolute atomic E-state index is 13.9. The molecular weight excluding hydrogens is 255 g/mol. The lowest BCUT2D eigenvalue weighted by atomic mass is 9.97. The lowest BCUT2D eigenvalue weighted by Crippen LogP contribution is -2.58. The minimum Gasteiger partial charge on any atom is -0.494 e. The fourth-order valence-corrected chi connectivity index (χ4v) is 2.83. The summed E-state index contributed by atoms with van der Waals surface area (Å²) in [5.74, 6) is 0.529. The number of ether oxygens (including phenoxy) is 1. The molecule has 0 bridgehead atoms. The molecule has 0 amide bonds. The molecular formula is C16H25FN2O. The Morgan fingerprint density at radius 3 is 2.75 bits per heavy atom. The Hall–Kier alpha value is -1.29. The number of halogens is 1. The van der Waals surface area contributed by atoms with Crippen LogP contribution < -0.4 is 15.0 Å². The van der Waals surface area contributed by atoms with Gasteiger partial charge in [-0.25, -0.2) is 4.39 Å². The molecule has 0 spiro atoms. The molecule has 1 N–H and O–H groups in total. The van der Waals surface area contributed by atoms with Gasteiger partial charge in [0.05, 0.1) is 7.11 Å². The van der Waals surface area contributed by atoms with Crippen molar-refractivity contribution in [3.63, 3.8) is 0 Å². The molecule has 1 aromatic carbocycles. The Morgan fingerprint density at radius 2 is 2.20 bits per heavy atom. The molecule has 0 aromatic heterocycles. The zero-order valence-corrected chi connectivity index (χ0v) is 12.8. The molecule has 4 heteroatoms. The van der Waals surface area contributed by atoms with Crippen molar-refractivity contribution in [1.82, 2.24) is 5.32 Å². The first-order valence-electron chi connectivity index (χ1n) is 7.40. The van der Waals surface area contributed by atoms with E-state index in [2.05, 4.69) is 31.0 Å². The molecule has 1 aliphatic heterocycles. The van der Waals surface area contributed by atoms with Crippen molar-refractivity contribution in [3.05, 3.63) is 24.0 Å². The number of methoxy groups -OCH3 is 1. The molecule has 1 fully saturated rings. The molecule has 112 valence electrons. The van der Waals surface area contributed by atoms with E-state index in [-0.39, 0.29) is 5.82 Å². The van der Waals surface area contributed by atoms with Crippen molar-refractivity contribution in [1.29, 1.82) is 0 Å². The summed E-state index contributed by atoms with van der Waals surface area (Å²) in [7, 11) is 1.49. The molecule has 1 saturated heterocycles. The van der Waals surface area contributed by atoms with E-state index in [0.29, 0.717) is 23.8 Å². The summed E-state index contributed by atoms with van der Waals surface area (Å²) in [6.45, 7) is 8.48. The maximum Gasteiger partial charge on any atom is 0.167 e. The molecule has 1 aromatic rings. The first-order chi connectivity index (χ1) is 9.56. The van der Waals surface area contributed by atoms with Crippen LogP contribution in [0.15, 0.2) is 18.2 Å². The monoisotopic (exact) mass is 280 g/mol. The lowest BCUT2D eigenvalue weighted by molar-refractivity contribution is 0.333. The number of anilines is 1. The largest absolute Gasteiger partial charge is 0.494 e. The quantitative estimate of drug-likeness (QED) is 0.917. The Bertz CT molecular complexity index is 450. The van der Waals surface area contributed by atoms with Crippen LogP contribution in [0.1, 0.15) is 27.2 Å². The second-order valence-electron chi connectivity index (χ2n) is 5.80. The highest BCUT2D eigenvalue weighted by atomic mass is 19.1. The minimum atomic E-state index is -0.293. The number of rotatable bonds is 4. The Morgan fingerprint density at radius 1 is 1.45 bits per heavy atom. The number of hydrogen-bond acceptors (Lipinski definition) is 3. The van der Waals surface area contributed by atoms with Gasteiger partial charge in [-0.15, -0.1) is 0 Å². The van der Waals surface area contributed by atoms with E-state index in [0.717, 1.165) is 25.2 Å². The summed E-state index contributed by atoms with van der Waals surface area (Å²) in [6, 6.07) is 6.12. The smallest absolute Gasteiger partial charge is 0.167 e. The Balaban J connectivity index is 2.27. The third-order valence-electron chi connectivity index (χ3n) is 4.16. The van der Waals surface area contributed by atoms with E-state index in [4.69, 9.17) is 4.74 Å². The highest BCUT2D eigenvalue weighted by molar-refractivity contribution is 5.51. The highest BCUT2D eigenvalue weighted by Gasteiger charge is 2.29. The summed E-state index contributed by atoms with van der Waals surface area (Å²) in [5, 5.41) is 3.58. The van der Waals surface area contributed by atoms with Crippen LogP contribution >= 0.6 is 0 Å². The third kappa shape index (κ3) is 3.06. The predicted molar refractivity (Wildman–Crippen MR) is 81.0 cm³/mol. The summed E-state index contributed by atoms with van der Waals surface area (Å²) >= 11 is 0. The molecule has 1 heterocycles. The van der Waals surface area contributed by atoms with Gasteiger partial charge < -0.3 is 15.0 Å². The molecule has 2 unspecified atom stereocenters. The maximum atomic E-state index is 13.9. The Kier molecular flexibility index (Phi) is 4.86. The second-order valence-corrected chi connectivity index (χ2v) is 5.80. The van der Waals surface area contributed by atoms with Crippen LogP contribution in [0.3, 0.4) is 0 Å². The topological polar surface area (TPSA) is 24.5 Å². The number of benzene rings is 1. The fraction of sp³-hybridized carbons (Fsp3) is 0.625. The Labute approximate surface area is 121 Å². The van der Waals surface area contributed by atoms with E-state index in [9.17, 15) is 4.39 Å². The zero-order valence-electron chi connectivity index (χ0n) is 12.8. The summed E-state index contributed by atoms with van der Waals surface area (Å²) in [5.41, 5.74) is 0.946.